The zero-order valence-corrected chi connectivity index (χ0v) is 19.0. The number of nitrogens with zero attached hydrogens (tertiary/aromatic N) is 1. The number of hydrogen-bond donors (Lipinski definition) is 1. The number of hydrogen-bond acceptors (Lipinski definition) is 3. The maximum absolute atomic E-state index is 13.5. The van der Waals surface area contributed by atoms with Gasteiger partial charge in [-0.3, -0.25) is 9.69 Å². The number of aromatic nitrogens is 1. The third kappa shape index (κ3) is 3.89. The molecule has 1 aromatic heterocycles. The number of H-pyrrole nitrogens is 1. The predicted molar refractivity (Wildman–Crippen MR) is 126 cm³/mol. The molecule has 0 amide bonds. The lowest BCUT2D eigenvalue weighted by atomic mass is 9.65. The summed E-state index contributed by atoms with van der Waals surface area (Å²) in [6, 6.07) is 16.0. The quantitative estimate of drug-likeness (QED) is 0.565. The van der Waals surface area contributed by atoms with Crippen LogP contribution in [0.25, 0.3) is 10.9 Å². The van der Waals surface area contributed by atoms with Crippen LogP contribution in [0.1, 0.15) is 51.3 Å². The first-order valence-corrected chi connectivity index (χ1v) is 11.3. The molecular weight excluding hydrogens is 384 g/mol. The van der Waals surface area contributed by atoms with E-state index in [1.54, 1.807) is 0 Å². The van der Waals surface area contributed by atoms with E-state index in [0.29, 0.717) is 28.0 Å². The van der Waals surface area contributed by atoms with E-state index in [2.05, 4.69) is 30.7 Å². The molecule has 162 valence electrons. The van der Waals surface area contributed by atoms with Gasteiger partial charge in [-0.05, 0) is 67.3 Å². The first-order chi connectivity index (χ1) is 14.7. The summed E-state index contributed by atoms with van der Waals surface area (Å²) < 4.78 is 5.97. The molecule has 0 spiro atoms. The molecule has 2 aliphatic rings. The van der Waals surface area contributed by atoms with Crippen molar-refractivity contribution in [3.63, 3.8) is 0 Å². The molecule has 0 unspecified atom stereocenters. The van der Waals surface area contributed by atoms with Crippen LogP contribution in [0.2, 0.25) is 0 Å². The fraction of sp³-hybridized carbons (Fsp3) is 0.444. The number of aryl methyl sites for hydroxylation is 1. The molecule has 4 heteroatoms. The van der Waals surface area contributed by atoms with Crippen LogP contribution in [0.5, 0.6) is 11.5 Å². The van der Waals surface area contributed by atoms with Crippen molar-refractivity contribution in [3.8, 4) is 11.5 Å². The summed E-state index contributed by atoms with van der Waals surface area (Å²) in [4.78, 5) is 19.6. The first kappa shape index (κ1) is 20.3. The van der Waals surface area contributed by atoms with E-state index in [1.165, 1.54) is 19.3 Å². The number of fused-ring (bicyclic) bond motifs is 3. The zero-order valence-electron chi connectivity index (χ0n) is 19.0. The molecule has 5 rings (SSSR count). The number of likely N-dealkylation sites (tertiary alicyclic amines) is 1. The first-order valence-electron chi connectivity index (χ1n) is 11.3. The number of pyridine rings is 1. The standard InChI is InChI=1S/C27H32N2O2/c1-18-23(15-29-17-27(4)14-19(29)13-26(2,3)16-27)25(30)22-12-21(10-11-24(22)28-18)31-20-8-6-5-7-9-20/h5-12,19H,13-17H2,1-4H3,(H,28,30)/t19-,27-/m0/s1. The molecule has 2 heterocycles. The maximum Gasteiger partial charge on any atom is 0.194 e. The molecule has 4 nitrogen and oxygen atoms in total. The number of benzene rings is 2. The SMILES string of the molecule is Cc1[nH]c2ccc(Oc3ccccc3)cc2c(=O)c1CN1C[C@@]2(C)C[C@@H]1CC(C)(C)C2. The van der Waals surface area contributed by atoms with Crippen LogP contribution in [0.15, 0.2) is 53.3 Å². The average molecular weight is 417 g/mol. The largest absolute Gasteiger partial charge is 0.457 e. The molecule has 1 N–H and O–H groups in total. The van der Waals surface area contributed by atoms with Gasteiger partial charge in [-0.15, -0.1) is 0 Å². The van der Waals surface area contributed by atoms with E-state index >= 15 is 0 Å². The lowest BCUT2D eigenvalue weighted by molar-refractivity contribution is 0.126. The van der Waals surface area contributed by atoms with Gasteiger partial charge in [0.15, 0.2) is 5.43 Å². The summed E-state index contributed by atoms with van der Waals surface area (Å²) in [5.74, 6) is 1.45. The number of aromatic amines is 1. The predicted octanol–water partition coefficient (Wildman–Crippen LogP) is 6.03. The minimum absolute atomic E-state index is 0.121. The molecule has 1 saturated heterocycles. The fourth-order valence-electron chi connectivity index (χ4n) is 6.27. The Morgan fingerprint density at radius 1 is 1.06 bits per heavy atom. The van der Waals surface area contributed by atoms with Crippen LogP contribution in [-0.2, 0) is 6.54 Å². The van der Waals surface area contributed by atoms with Gasteiger partial charge in [0.1, 0.15) is 11.5 Å². The van der Waals surface area contributed by atoms with Gasteiger partial charge < -0.3 is 9.72 Å². The highest BCUT2D eigenvalue weighted by atomic mass is 16.5. The fourth-order valence-corrected chi connectivity index (χ4v) is 6.27. The molecule has 1 saturated carbocycles. The van der Waals surface area contributed by atoms with Crippen LogP contribution in [0.3, 0.4) is 0 Å². The van der Waals surface area contributed by atoms with Crippen molar-refractivity contribution in [3.05, 3.63) is 70.0 Å². The highest BCUT2D eigenvalue weighted by Crippen LogP contribution is 2.52. The highest BCUT2D eigenvalue weighted by Gasteiger charge is 2.49. The van der Waals surface area contributed by atoms with Gasteiger partial charge in [0.05, 0.1) is 0 Å². The Morgan fingerprint density at radius 2 is 1.84 bits per heavy atom. The van der Waals surface area contributed by atoms with Crippen molar-refractivity contribution in [1.82, 2.24) is 9.88 Å². The summed E-state index contributed by atoms with van der Waals surface area (Å²) in [5, 5.41) is 0.697. The van der Waals surface area contributed by atoms with Crippen molar-refractivity contribution < 1.29 is 4.74 Å². The highest BCUT2D eigenvalue weighted by molar-refractivity contribution is 5.81. The van der Waals surface area contributed by atoms with Gasteiger partial charge in [-0.2, -0.15) is 0 Å². The Balaban J connectivity index is 1.47. The minimum Gasteiger partial charge on any atom is -0.457 e. The molecule has 2 fully saturated rings. The van der Waals surface area contributed by atoms with E-state index in [9.17, 15) is 4.79 Å². The Bertz CT molecular complexity index is 1180. The van der Waals surface area contributed by atoms with E-state index in [1.807, 2.05) is 55.5 Å². The van der Waals surface area contributed by atoms with Crippen molar-refractivity contribution in [1.29, 1.82) is 0 Å². The number of nitrogens with one attached hydrogen (secondary N) is 1. The Morgan fingerprint density at radius 3 is 2.61 bits per heavy atom. The Hall–Kier alpha value is -2.59. The van der Waals surface area contributed by atoms with Crippen LogP contribution in [0, 0.1) is 17.8 Å². The molecule has 1 aliphatic heterocycles. The second-order valence-electron chi connectivity index (χ2n) is 10.8. The van der Waals surface area contributed by atoms with Crippen LogP contribution < -0.4 is 10.2 Å². The summed E-state index contributed by atoms with van der Waals surface area (Å²) in [5.41, 5.74) is 3.58. The third-order valence-electron chi connectivity index (χ3n) is 7.15. The summed E-state index contributed by atoms with van der Waals surface area (Å²) in [6.07, 6.45) is 3.72. The molecule has 2 bridgehead atoms. The molecule has 3 aromatic rings. The number of para-hydroxylation sites is 1. The van der Waals surface area contributed by atoms with Gasteiger partial charge in [0, 0.05) is 41.3 Å². The molecule has 2 aromatic carbocycles. The molecule has 31 heavy (non-hydrogen) atoms. The van der Waals surface area contributed by atoms with E-state index in [0.717, 1.165) is 35.6 Å². The van der Waals surface area contributed by atoms with Crippen molar-refractivity contribution in [2.75, 3.05) is 6.54 Å². The van der Waals surface area contributed by atoms with Gasteiger partial charge in [-0.25, -0.2) is 0 Å². The Labute approximate surface area is 184 Å². The number of ether oxygens (including phenoxy) is 1. The third-order valence-corrected chi connectivity index (χ3v) is 7.15. The lowest BCUT2D eigenvalue weighted by Crippen LogP contribution is -2.35. The average Bonchev–Trinajstić information content (AvgIpc) is 2.94. The second kappa shape index (κ2) is 7.23. The van der Waals surface area contributed by atoms with Gasteiger partial charge in [-0.1, -0.05) is 39.0 Å². The maximum atomic E-state index is 13.5. The van der Waals surface area contributed by atoms with Gasteiger partial charge >= 0.3 is 0 Å². The van der Waals surface area contributed by atoms with E-state index in [-0.39, 0.29) is 5.43 Å². The van der Waals surface area contributed by atoms with Crippen molar-refractivity contribution in [2.45, 2.75) is 59.5 Å². The molecule has 0 radical (unpaired) electrons. The lowest BCUT2D eigenvalue weighted by Gasteiger charge is -2.40. The second-order valence-corrected chi connectivity index (χ2v) is 10.8. The summed E-state index contributed by atoms with van der Waals surface area (Å²) >= 11 is 0. The van der Waals surface area contributed by atoms with Crippen LogP contribution in [-0.4, -0.2) is 22.5 Å². The number of rotatable bonds is 4. The molecular formula is C27H32N2O2. The topological polar surface area (TPSA) is 45.3 Å². The normalized spacial score (nSPS) is 25.1. The van der Waals surface area contributed by atoms with E-state index in [4.69, 9.17) is 4.74 Å². The summed E-state index contributed by atoms with van der Waals surface area (Å²) in [7, 11) is 0. The molecule has 2 atom stereocenters. The zero-order chi connectivity index (χ0) is 21.8. The summed E-state index contributed by atoms with van der Waals surface area (Å²) in [6.45, 7) is 11.0. The minimum atomic E-state index is 0.121. The molecule has 1 aliphatic carbocycles. The monoisotopic (exact) mass is 416 g/mol. The van der Waals surface area contributed by atoms with Gasteiger partial charge in [0.25, 0.3) is 0 Å². The Kier molecular flexibility index (Phi) is 4.74. The van der Waals surface area contributed by atoms with Crippen LogP contribution in [0.4, 0.5) is 0 Å². The van der Waals surface area contributed by atoms with Gasteiger partial charge in [0.2, 0.25) is 0 Å². The van der Waals surface area contributed by atoms with Crippen molar-refractivity contribution in [2.24, 2.45) is 10.8 Å². The van der Waals surface area contributed by atoms with E-state index < -0.39 is 0 Å². The van der Waals surface area contributed by atoms with Crippen molar-refractivity contribution >= 4 is 10.9 Å². The van der Waals surface area contributed by atoms with Crippen LogP contribution >= 0.6 is 0 Å². The smallest absolute Gasteiger partial charge is 0.194 e.